The summed E-state index contributed by atoms with van der Waals surface area (Å²) in [6.07, 6.45) is 0. The third-order valence-corrected chi connectivity index (χ3v) is 9.68. The molecule has 190 valence electrons. The molecule has 0 spiro atoms. The summed E-state index contributed by atoms with van der Waals surface area (Å²) in [5.41, 5.74) is 4.99. The van der Waals surface area contributed by atoms with E-state index in [1.165, 1.54) is 46.7 Å². The zero-order chi connectivity index (χ0) is 25.6. The number of benzene rings is 6. The van der Waals surface area contributed by atoms with E-state index in [9.17, 15) is 0 Å². The molecule has 0 N–H and O–H groups in total. The molecular weight excluding hydrogens is 509 g/mol. The average molecular weight is 540 g/mol. The van der Waals surface area contributed by atoms with Crippen LogP contribution in [0.5, 0.6) is 0 Å². The highest BCUT2D eigenvalue weighted by Gasteiger charge is 2.28. The molecule has 6 aromatic carbocycles. The Morgan fingerprint density at radius 1 is 0.308 bits per heavy atom. The molecule has 0 radical (unpaired) electrons. The Morgan fingerprint density at radius 3 is 1.08 bits per heavy atom. The SMILES string of the molecule is C.c1ccc(-c2ccc(Sc3ccc([S+](c4ccccc4)c4ccc(-c5ccccc5)cc4)cc3)cc2)cc1. The van der Waals surface area contributed by atoms with E-state index in [1.54, 1.807) is 11.8 Å². The summed E-state index contributed by atoms with van der Waals surface area (Å²) in [6.45, 7) is 0. The lowest BCUT2D eigenvalue weighted by Gasteiger charge is -2.10. The van der Waals surface area contributed by atoms with Crippen molar-refractivity contribution in [2.24, 2.45) is 0 Å². The maximum Gasteiger partial charge on any atom is 0.166 e. The van der Waals surface area contributed by atoms with Crippen molar-refractivity contribution >= 4 is 22.7 Å². The standard InChI is InChI=1S/C36H27S2.CH4/c1-4-10-28(11-5-1)30-16-20-32(21-17-30)37-33-22-26-36(27-23-33)38(34-14-8-3-9-15-34)35-24-18-31(19-25-35)29-12-6-2-7-13-29;/h1-27H;1H4/q+1;. The van der Waals surface area contributed by atoms with Crippen molar-refractivity contribution in [2.75, 3.05) is 0 Å². The minimum Gasteiger partial charge on any atom is -0.0901 e. The van der Waals surface area contributed by atoms with Gasteiger partial charge in [0.25, 0.3) is 0 Å². The van der Waals surface area contributed by atoms with Crippen molar-refractivity contribution in [3.8, 4) is 22.3 Å². The predicted molar refractivity (Wildman–Crippen MR) is 170 cm³/mol. The number of rotatable bonds is 7. The van der Waals surface area contributed by atoms with Crippen LogP contribution in [-0.2, 0) is 10.9 Å². The molecule has 0 aliphatic rings. The van der Waals surface area contributed by atoms with Gasteiger partial charge in [-0.1, -0.05) is 110 Å². The van der Waals surface area contributed by atoms with E-state index in [2.05, 4.69) is 164 Å². The second-order valence-corrected chi connectivity index (χ2v) is 12.1. The van der Waals surface area contributed by atoms with Crippen molar-refractivity contribution in [1.82, 2.24) is 0 Å². The Morgan fingerprint density at radius 2 is 0.615 bits per heavy atom. The monoisotopic (exact) mass is 539 g/mol. The summed E-state index contributed by atoms with van der Waals surface area (Å²) in [5, 5.41) is 0. The normalized spacial score (nSPS) is 11.4. The van der Waals surface area contributed by atoms with Crippen molar-refractivity contribution in [2.45, 2.75) is 31.9 Å². The maximum absolute atomic E-state index is 2.29. The highest BCUT2D eigenvalue weighted by Crippen LogP contribution is 2.35. The van der Waals surface area contributed by atoms with Crippen LogP contribution < -0.4 is 0 Å². The molecule has 2 heteroatoms. The predicted octanol–water partition coefficient (Wildman–Crippen LogP) is 10.9. The first-order valence-corrected chi connectivity index (χ1v) is 14.8. The van der Waals surface area contributed by atoms with Gasteiger partial charge < -0.3 is 0 Å². The van der Waals surface area contributed by atoms with Gasteiger partial charge in [0, 0.05) is 9.79 Å². The molecule has 0 saturated carbocycles. The lowest BCUT2D eigenvalue weighted by atomic mass is 10.1. The molecule has 0 aromatic heterocycles. The first-order valence-electron chi connectivity index (χ1n) is 12.7. The van der Waals surface area contributed by atoms with E-state index in [0.29, 0.717) is 0 Å². The average Bonchev–Trinajstić information content (AvgIpc) is 3.00. The van der Waals surface area contributed by atoms with E-state index in [1.807, 2.05) is 0 Å². The fraction of sp³-hybridized carbons (Fsp3) is 0.0270. The molecule has 0 amide bonds. The Kier molecular flexibility index (Phi) is 8.68. The summed E-state index contributed by atoms with van der Waals surface area (Å²) in [6, 6.07) is 59.0. The number of hydrogen-bond acceptors (Lipinski definition) is 1. The summed E-state index contributed by atoms with van der Waals surface area (Å²) < 4.78 is 0. The molecular formula is C37H31S2+. The molecule has 0 nitrogen and oxygen atoms in total. The highest BCUT2D eigenvalue weighted by molar-refractivity contribution is 7.99. The van der Waals surface area contributed by atoms with Gasteiger partial charge in [-0.15, -0.1) is 0 Å². The van der Waals surface area contributed by atoms with Crippen LogP contribution in [0.1, 0.15) is 7.43 Å². The fourth-order valence-corrected chi connectivity index (χ4v) is 7.38. The number of hydrogen-bond donors (Lipinski definition) is 0. The molecule has 6 rings (SSSR count). The summed E-state index contributed by atoms with van der Waals surface area (Å²) in [5.74, 6) is 0. The molecule has 0 bridgehead atoms. The van der Waals surface area contributed by atoms with Gasteiger partial charge in [-0.05, 0) is 95.1 Å². The Balaban J connectivity index is 0.00000308. The molecule has 0 fully saturated rings. The zero-order valence-electron chi connectivity index (χ0n) is 20.9. The third kappa shape index (κ3) is 6.37. The lowest BCUT2D eigenvalue weighted by molar-refractivity contribution is 1.28. The topological polar surface area (TPSA) is 0 Å². The van der Waals surface area contributed by atoms with E-state index in [4.69, 9.17) is 0 Å². The van der Waals surface area contributed by atoms with E-state index < -0.39 is 0 Å². The minimum atomic E-state index is -0.168. The van der Waals surface area contributed by atoms with Gasteiger partial charge in [-0.2, -0.15) is 0 Å². The molecule has 0 aliphatic carbocycles. The van der Waals surface area contributed by atoms with Crippen LogP contribution in [0, 0.1) is 0 Å². The molecule has 1 atom stereocenters. The smallest absolute Gasteiger partial charge is 0.0901 e. The molecule has 0 aliphatic heterocycles. The van der Waals surface area contributed by atoms with Gasteiger partial charge in [0.2, 0.25) is 0 Å². The van der Waals surface area contributed by atoms with Gasteiger partial charge >= 0.3 is 0 Å². The molecule has 39 heavy (non-hydrogen) atoms. The van der Waals surface area contributed by atoms with Crippen LogP contribution in [0.3, 0.4) is 0 Å². The molecule has 1 unspecified atom stereocenters. The first-order chi connectivity index (χ1) is 18.8. The van der Waals surface area contributed by atoms with Crippen molar-refractivity contribution in [3.63, 3.8) is 0 Å². The first kappa shape index (κ1) is 26.6. The van der Waals surface area contributed by atoms with Crippen molar-refractivity contribution < 1.29 is 0 Å². The fourth-order valence-electron chi connectivity index (χ4n) is 4.50. The van der Waals surface area contributed by atoms with E-state index >= 15 is 0 Å². The minimum absolute atomic E-state index is 0. The van der Waals surface area contributed by atoms with E-state index in [-0.39, 0.29) is 18.3 Å². The zero-order valence-corrected chi connectivity index (χ0v) is 22.5. The van der Waals surface area contributed by atoms with Gasteiger partial charge in [-0.3, -0.25) is 0 Å². The van der Waals surface area contributed by atoms with Crippen molar-refractivity contribution in [1.29, 1.82) is 0 Å². The third-order valence-electron chi connectivity index (χ3n) is 6.43. The van der Waals surface area contributed by atoms with Gasteiger partial charge in [-0.25, -0.2) is 0 Å². The lowest BCUT2D eigenvalue weighted by Crippen LogP contribution is -2.04. The second-order valence-electron chi connectivity index (χ2n) is 8.97. The molecule has 0 heterocycles. The van der Waals surface area contributed by atoms with Gasteiger partial charge in [0.1, 0.15) is 0 Å². The van der Waals surface area contributed by atoms with Crippen LogP contribution in [0.15, 0.2) is 188 Å². The summed E-state index contributed by atoms with van der Waals surface area (Å²) in [7, 11) is -0.168. The van der Waals surface area contributed by atoms with Crippen LogP contribution >= 0.6 is 11.8 Å². The Hall–Kier alpha value is -3.98. The maximum atomic E-state index is 2.29. The molecule has 0 saturated heterocycles. The van der Waals surface area contributed by atoms with Crippen LogP contribution in [0.25, 0.3) is 22.3 Å². The van der Waals surface area contributed by atoms with E-state index in [0.717, 1.165) is 0 Å². The van der Waals surface area contributed by atoms with Crippen molar-refractivity contribution in [3.05, 3.63) is 164 Å². The van der Waals surface area contributed by atoms with Crippen LogP contribution in [0.2, 0.25) is 0 Å². The largest absolute Gasteiger partial charge is 0.166 e. The van der Waals surface area contributed by atoms with Gasteiger partial charge in [0.05, 0.1) is 10.9 Å². The van der Waals surface area contributed by atoms with Crippen LogP contribution in [-0.4, -0.2) is 0 Å². The van der Waals surface area contributed by atoms with Crippen LogP contribution in [0.4, 0.5) is 0 Å². The summed E-state index contributed by atoms with van der Waals surface area (Å²) in [4.78, 5) is 6.48. The highest BCUT2D eigenvalue weighted by atomic mass is 32.2. The quantitative estimate of drug-likeness (QED) is 0.182. The summed E-state index contributed by atoms with van der Waals surface area (Å²) >= 11 is 1.81. The Labute approximate surface area is 239 Å². The molecule has 6 aromatic rings. The van der Waals surface area contributed by atoms with Gasteiger partial charge in [0.15, 0.2) is 14.7 Å². The second kappa shape index (κ2) is 12.7. The Bertz CT molecular complexity index is 1580.